The van der Waals surface area contributed by atoms with E-state index < -0.39 is 5.92 Å². The van der Waals surface area contributed by atoms with E-state index in [1.165, 1.54) is 23.1 Å². The van der Waals surface area contributed by atoms with Crippen LogP contribution in [0.2, 0.25) is 10.0 Å². The summed E-state index contributed by atoms with van der Waals surface area (Å²) in [5, 5.41) is 22.4. The fourth-order valence-corrected chi connectivity index (χ4v) is 6.19. The van der Waals surface area contributed by atoms with Crippen molar-refractivity contribution in [3.05, 3.63) is 102 Å². The van der Waals surface area contributed by atoms with Crippen LogP contribution in [0.3, 0.4) is 0 Å². The molecule has 0 aliphatic carbocycles. The molecule has 0 unspecified atom stereocenters. The van der Waals surface area contributed by atoms with Gasteiger partial charge in [0, 0.05) is 37.6 Å². The minimum absolute atomic E-state index is 0.0345. The Hall–Kier alpha value is -3.22. The number of carbonyl (C=O) groups is 2. The normalized spacial score (nSPS) is 15.2. The zero-order valence-electron chi connectivity index (χ0n) is 19.9. The molecule has 1 aliphatic rings. The molecule has 1 aromatic heterocycles. The first-order valence-electron chi connectivity index (χ1n) is 11.2. The van der Waals surface area contributed by atoms with Gasteiger partial charge in [0.1, 0.15) is 0 Å². The number of para-hydroxylation sites is 1. The predicted molar refractivity (Wildman–Crippen MR) is 153 cm³/mol. The molecule has 2 aromatic carbocycles. The van der Waals surface area contributed by atoms with Crippen LogP contribution < -0.4 is 16.0 Å². The van der Waals surface area contributed by atoms with Crippen LogP contribution in [-0.4, -0.2) is 17.6 Å². The number of thiophene rings is 1. The smallest absolute Gasteiger partial charge is 0.254 e. The van der Waals surface area contributed by atoms with Gasteiger partial charge in [0.2, 0.25) is 5.91 Å². The molecule has 0 saturated carbocycles. The number of nitrogens with one attached hydrogen (secondary N) is 3. The summed E-state index contributed by atoms with van der Waals surface area (Å²) in [7, 11) is 0. The first-order valence-corrected chi connectivity index (χ1v) is 13.8. The lowest BCUT2D eigenvalue weighted by Crippen LogP contribution is -2.31. The van der Waals surface area contributed by atoms with Gasteiger partial charge in [0.05, 0.1) is 28.3 Å². The molecule has 2 heterocycles. The van der Waals surface area contributed by atoms with Crippen LogP contribution in [0.5, 0.6) is 0 Å². The van der Waals surface area contributed by atoms with Crippen molar-refractivity contribution in [3.8, 4) is 6.07 Å². The number of aryl methyl sites for hydroxylation is 1. The first kappa shape index (κ1) is 26.8. The Morgan fingerprint density at radius 3 is 2.46 bits per heavy atom. The fraction of sp³-hybridized carbons (Fsp3) is 0.148. The van der Waals surface area contributed by atoms with Crippen molar-refractivity contribution < 1.29 is 9.59 Å². The Morgan fingerprint density at radius 1 is 1.08 bits per heavy atom. The molecule has 2 amide bonds. The van der Waals surface area contributed by atoms with Gasteiger partial charge >= 0.3 is 0 Å². The number of rotatable bonds is 7. The number of anilines is 2. The molecule has 0 bridgehead atoms. The molecule has 1 atom stereocenters. The van der Waals surface area contributed by atoms with Crippen LogP contribution >= 0.6 is 46.3 Å². The topological polar surface area (TPSA) is 94.0 Å². The summed E-state index contributed by atoms with van der Waals surface area (Å²) in [6, 6.07) is 18.4. The molecule has 0 fully saturated rings. The number of hydrogen-bond acceptors (Lipinski definition) is 6. The highest BCUT2D eigenvalue weighted by molar-refractivity contribution is 8.03. The molecular weight excluding hydrogens is 547 g/mol. The summed E-state index contributed by atoms with van der Waals surface area (Å²) in [5.41, 5.74) is 3.59. The van der Waals surface area contributed by atoms with E-state index in [-0.39, 0.29) is 17.6 Å². The number of thioether (sulfide) groups is 1. The van der Waals surface area contributed by atoms with Crippen LogP contribution in [-0.2, 0) is 9.59 Å². The maximum absolute atomic E-state index is 13.5. The third-order valence-electron chi connectivity index (χ3n) is 5.61. The van der Waals surface area contributed by atoms with E-state index in [4.69, 9.17) is 23.2 Å². The number of halogens is 2. The number of carbonyl (C=O) groups excluding carboxylic acids is 2. The van der Waals surface area contributed by atoms with Gasteiger partial charge in [-0.15, -0.1) is 11.3 Å². The monoisotopic (exact) mass is 568 g/mol. The number of allylic oxidation sites excluding steroid dienone is 2. The Bertz CT molecular complexity index is 1440. The second-order valence-corrected chi connectivity index (χ2v) is 11.1. The molecule has 188 valence electrons. The summed E-state index contributed by atoms with van der Waals surface area (Å²) in [4.78, 5) is 27.0. The van der Waals surface area contributed by atoms with Crippen molar-refractivity contribution in [2.24, 2.45) is 0 Å². The average molecular weight is 570 g/mol. The standard InChI is InChI=1S/C27H22Cl2N4O2S2/c1-15-6-3-4-7-21(15)33-26(35)24-16(2)31-27(20(13-30)25(24)22-8-5-9-36-22)37-14-23(34)32-19-11-17(28)10-18(29)12-19/h3-12,25,31H,14H2,1-2H3,(H,32,34)(H,33,35)/t25-/m0/s1. The van der Waals surface area contributed by atoms with Crippen molar-refractivity contribution in [1.82, 2.24) is 5.32 Å². The minimum Gasteiger partial charge on any atom is -0.353 e. The van der Waals surface area contributed by atoms with Gasteiger partial charge in [-0.25, -0.2) is 0 Å². The van der Waals surface area contributed by atoms with Gasteiger partial charge in [-0.2, -0.15) is 5.26 Å². The van der Waals surface area contributed by atoms with Gasteiger partial charge in [-0.05, 0) is 55.1 Å². The van der Waals surface area contributed by atoms with Crippen LogP contribution in [0.25, 0.3) is 0 Å². The lowest BCUT2D eigenvalue weighted by molar-refractivity contribution is -0.114. The summed E-state index contributed by atoms with van der Waals surface area (Å²) < 4.78 is 0. The number of amides is 2. The number of nitrogens with zero attached hydrogens (tertiary/aromatic N) is 1. The van der Waals surface area contributed by atoms with E-state index in [0.29, 0.717) is 43.3 Å². The molecule has 0 spiro atoms. The highest BCUT2D eigenvalue weighted by Crippen LogP contribution is 2.42. The van der Waals surface area contributed by atoms with E-state index in [0.717, 1.165) is 10.4 Å². The Labute approximate surface area is 233 Å². The van der Waals surface area contributed by atoms with Crippen molar-refractivity contribution >= 4 is 69.5 Å². The third-order valence-corrected chi connectivity index (χ3v) is 8.00. The van der Waals surface area contributed by atoms with Gasteiger partial charge in [0.15, 0.2) is 0 Å². The number of hydrogen-bond donors (Lipinski definition) is 3. The highest BCUT2D eigenvalue weighted by Gasteiger charge is 2.35. The zero-order valence-corrected chi connectivity index (χ0v) is 23.0. The molecule has 0 radical (unpaired) electrons. The zero-order chi connectivity index (χ0) is 26.5. The summed E-state index contributed by atoms with van der Waals surface area (Å²) in [5.74, 6) is -1.10. The molecule has 1 aliphatic heterocycles. The average Bonchev–Trinajstić information content (AvgIpc) is 3.37. The Balaban J connectivity index is 1.59. The van der Waals surface area contributed by atoms with E-state index in [9.17, 15) is 14.9 Å². The van der Waals surface area contributed by atoms with Gasteiger partial charge in [-0.3, -0.25) is 9.59 Å². The van der Waals surface area contributed by atoms with Crippen LogP contribution in [0, 0.1) is 18.3 Å². The molecule has 10 heteroatoms. The maximum Gasteiger partial charge on any atom is 0.254 e. The quantitative estimate of drug-likeness (QED) is 0.283. The molecule has 6 nitrogen and oxygen atoms in total. The summed E-state index contributed by atoms with van der Waals surface area (Å²) in [6.45, 7) is 3.72. The van der Waals surface area contributed by atoms with Crippen LogP contribution in [0.1, 0.15) is 23.3 Å². The molecule has 3 N–H and O–H groups in total. The first-order chi connectivity index (χ1) is 17.8. The SMILES string of the molecule is CC1=C(C(=O)Nc2ccccc2C)[C@H](c2cccs2)C(C#N)=C(SCC(=O)Nc2cc(Cl)cc(Cl)c2)N1. The van der Waals surface area contributed by atoms with Gasteiger partial charge in [0.25, 0.3) is 5.91 Å². The maximum atomic E-state index is 13.5. The van der Waals surface area contributed by atoms with Crippen LogP contribution in [0.4, 0.5) is 11.4 Å². The van der Waals surface area contributed by atoms with Gasteiger partial charge in [-0.1, -0.05) is 59.2 Å². The van der Waals surface area contributed by atoms with E-state index in [1.54, 1.807) is 25.1 Å². The molecular formula is C27H22Cl2N4O2S2. The van der Waals surface area contributed by atoms with E-state index in [1.807, 2.05) is 48.7 Å². The Morgan fingerprint density at radius 2 is 1.81 bits per heavy atom. The van der Waals surface area contributed by atoms with Crippen molar-refractivity contribution in [2.45, 2.75) is 19.8 Å². The molecule has 0 saturated heterocycles. The highest BCUT2D eigenvalue weighted by atomic mass is 35.5. The lowest BCUT2D eigenvalue weighted by Gasteiger charge is -2.29. The molecule has 37 heavy (non-hydrogen) atoms. The van der Waals surface area contributed by atoms with Gasteiger partial charge < -0.3 is 16.0 Å². The van der Waals surface area contributed by atoms with Crippen LogP contribution in [0.15, 0.2) is 81.8 Å². The van der Waals surface area contributed by atoms with E-state index >= 15 is 0 Å². The largest absolute Gasteiger partial charge is 0.353 e. The van der Waals surface area contributed by atoms with Crippen molar-refractivity contribution in [3.63, 3.8) is 0 Å². The summed E-state index contributed by atoms with van der Waals surface area (Å²) in [6.07, 6.45) is 0. The van der Waals surface area contributed by atoms with Crippen molar-refractivity contribution in [2.75, 3.05) is 16.4 Å². The number of nitriles is 1. The second kappa shape index (κ2) is 11.9. The fourth-order valence-electron chi connectivity index (χ4n) is 3.93. The predicted octanol–water partition coefficient (Wildman–Crippen LogP) is 7.07. The molecule has 4 rings (SSSR count). The second-order valence-electron chi connectivity index (χ2n) is 8.23. The molecule has 3 aromatic rings. The number of dihydropyridines is 1. The number of benzene rings is 2. The summed E-state index contributed by atoms with van der Waals surface area (Å²) >= 11 is 14.7. The lowest BCUT2D eigenvalue weighted by atomic mass is 9.86. The van der Waals surface area contributed by atoms with E-state index in [2.05, 4.69) is 22.0 Å². The minimum atomic E-state index is -0.562. The third kappa shape index (κ3) is 6.38. The Kier molecular flexibility index (Phi) is 8.62. The van der Waals surface area contributed by atoms with Crippen molar-refractivity contribution in [1.29, 1.82) is 5.26 Å².